The van der Waals surface area contributed by atoms with Crippen molar-refractivity contribution in [3.8, 4) is 17.0 Å². The van der Waals surface area contributed by atoms with Gasteiger partial charge >= 0.3 is 0 Å². The van der Waals surface area contributed by atoms with E-state index in [4.69, 9.17) is 0 Å². The van der Waals surface area contributed by atoms with E-state index in [1.807, 2.05) is 54.6 Å². The number of aromatic nitrogens is 1. The molecule has 0 saturated carbocycles. The smallest absolute Gasteiger partial charge is 0.272 e. The van der Waals surface area contributed by atoms with Gasteiger partial charge in [0.15, 0.2) is 0 Å². The maximum Gasteiger partial charge on any atom is 0.272 e. The minimum Gasteiger partial charge on any atom is -0.507 e. The van der Waals surface area contributed by atoms with Crippen LogP contribution in [-0.2, 0) is 0 Å². The quantitative estimate of drug-likeness (QED) is 0.337. The average Bonchev–Trinajstić information content (AvgIpc) is 2.76. The Kier molecular flexibility index (Phi) is 5.35. The molecule has 0 radical (unpaired) electrons. The lowest BCUT2D eigenvalue weighted by molar-refractivity contribution is 0.0956. The first kappa shape index (κ1) is 18.8. The van der Waals surface area contributed by atoms with E-state index < -0.39 is 0 Å². The number of carbonyl (C=O) groups is 1. The van der Waals surface area contributed by atoms with Crippen LogP contribution in [0.15, 0.2) is 88.4 Å². The molecule has 0 spiro atoms. The summed E-state index contributed by atoms with van der Waals surface area (Å²) in [5, 5.41) is 14.6. The number of nitrogens with zero attached hydrogens (tertiary/aromatic N) is 2. The van der Waals surface area contributed by atoms with Gasteiger partial charge in [-0.05, 0) is 30.3 Å². The summed E-state index contributed by atoms with van der Waals surface area (Å²) in [6.45, 7) is 0. The van der Waals surface area contributed by atoms with Crippen molar-refractivity contribution in [2.75, 3.05) is 0 Å². The number of aromatic hydroxyl groups is 1. The highest BCUT2D eigenvalue weighted by Gasteiger charge is 2.13. The number of halogens is 1. The topological polar surface area (TPSA) is 74.6 Å². The molecule has 29 heavy (non-hydrogen) atoms. The van der Waals surface area contributed by atoms with E-state index in [-0.39, 0.29) is 11.7 Å². The molecule has 0 fully saturated rings. The second kappa shape index (κ2) is 8.24. The molecule has 1 heterocycles. The maximum atomic E-state index is 12.9. The predicted molar refractivity (Wildman–Crippen MR) is 118 cm³/mol. The van der Waals surface area contributed by atoms with Crippen LogP contribution in [0.3, 0.4) is 0 Å². The SMILES string of the molecule is O=C(NN=Cc1cc(Br)ccc1O)c1cc(-c2ccccc2)nc2ccccc12. The van der Waals surface area contributed by atoms with Gasteiger partial charge in [-0.25, -0.2) is 10.4 Å². The zero-order valence-corrected chi connectivity index (χ0v) is 16.8. The lowest BCUT2D eigenvalue weighted by atomic mass is 10.0. The summed E-state index contributed by atoms with van der Waals surface area (Å²) in [7, 11) is 0. The zero-order valence-electron chi connectivity index (χ0n) is 15.2. The molecule has 0 aliphatic carbocycles. The minimum atomic E-state index is -0.355. The zero-order chi connectivity index (χ0) is 20.2. The second-order valence-corrected chi connectivity index (χ2v) is 7.26. The number of phenolic OH excluding ortho intramolecular Hbond substituents is 1. The Bertz CT molecular complexity index is 1220. The number of carbonyl (C=O) groups excluding carboxylic acids is 1. The molecule has 6 heteroatoms. The van der Waals surface area contributed by atoms with Gasteiger partial charge in [-0.1, -0.05) is 64.5 Å². The molecule has 0 atom stereocenters. The molecular formula is C23H16BrN3O2. The Morgan fingerprint density at radius 1 is 1.00 bits per heavy atom. The van der Waals surface area contributed by atoms with Crippen LogP contribution < -0.4 is 5.43 Å². The van der Waals surface area contributed by atoms with Crippen LogP contribution >= 0.6 is 15.9 Å². The fourth-order valence-corrected chi connectivity index (χ4v) is 3.35. The molecule has 0 bridgehead atoms. The van der Waals surface area contributed by atoms with Crippen molar-refractivity contribution in [3.63, 3.8) is 0 Å². The summed E-state index contributed by atoms with van der Waals surface area (Å²) in [5.41, 5.74) is 5.87. The third kappa shape index (κ3) is 4.17. The van der Waals surface area contributed by atoms with E-state index in [0.29, 0.717) is 16.8 Å². The molecule has 142 valence electrons. The van der Waals surface area contributed by atoms with Gasteiger partial charge in [0.25, 0.3) is 5.91 Å². The molecule has 0 unspecified atom stereocenters. The van der Waals surface area contributed by atoms with E-state index in [9.17, 15) is 9.90 Å². The first-order valence-corrected chi connectivity index (χ1v) is 9.68. The van der Waals surface area contributed by atoms with Crippen LogP contribution in [0.2, 0.25) is 0 Å². The lowest BCUT2D eigenvalue weighted by Gasteiger charge is -2.09. The predicted octanol–water partition coefficient (Wildman–Crippen LogP) is 5.13. The molecule has 5 nitrogen and oxygen atoms in total. The summed E-state index contributed by atoms with van der Waals surface area (Å²) in [6.07, 6.45) is 1.40. The number of hydrogen-bond acceptors (Lipinski definition) is 4. The van der Waals surface area contributed by atoms with Gasteiger partial charge in [-0.2, -0.15) is 5.10 Å². The fraction of sp³-hybridized carbons (Fsp3) is 0. The Hall–Kier alpha value is -3.51. The van der Waals surface area contributed by atoms with Gasteiger partial charge in [-0.15, -0.1) is 0 Å². The minimum absolute atomic E-state index is 0.0759. The van der Waals surface area contributed by atoms with Crippen molar-refractivity contribution in [1.82, 2.24) is 10.4 Å². The van der Waals surface area contributed by atoms with E-state index in [1.165, 1.54) is 6.21 Å². The van der Waals surface area contributed by atoms with Crippen molar-refractivity contribution in [2.24, 2.45) is 5.10 Å². The number of phenols is 1. The largest absolute Gasteiger partial charge is 0.507 e. The molecule has 0 saturated heterocycles. The molecule has 0 aliphatic rings. The van der Waals surface area contributed by atoms with E-state index in [1.54, 1.807) is 24.3 Å². The van der Waals surface area contributed by atoms with Crippen LogP contribution in [0.4, 0.5) is 0 Å². The van der Waals surface area contributed by atoms with Crippen molar-refractivity contribution < 1.29 is 9.90 Å². The fourth-order valence-electron chi connectivity index (χ4n) is 2.97. The van der Waals surface area contributed by atoms with Crippen molar-refractivity contribution >= 4 is 39.0 Å². The first-order valence-electron chi connectivity index (χ1n) is 8.89. The number of para-hydroxylation sites is 1. The molecule has 2 N–H and O–H groups in total. The molecule has 3 aromatic carbocycles. The lowest BCUT2D eigenvalue weighted by Crippen LogP contribution is -2.18. The van der Waals surface area contributed by atoms with Gasteiger partial charge in [0.2, 0.25) is 0 Å². The molecule has 0 aliphatic heterocycles. The summed E-state index contributed by atoms with van der Waals surface area (Å²) in [5.74, 6) is -0.279. The highest BCUT2D eigenvalue weighted by atomic mass is 79.9. The summed E-state index contributed by atoms with van der Waals surface area (Å²) in [4.78, 5) is 17.5. The van der Waals surface area contributed by atoms with E-state index in [2.05, 4.69) is 31.4 Å². The number of hydrogen-bond donors (Lipinski definition) is 2. The standard InChI is InChI=1S/C23H16BrN3O2/c24-17-10-11-22(28)16(12-17)14-25-27-23(29)19-13-21(15-6-2-1-3-7-15)26-20-9-5-4-8-18(19)20/h1-14,28H,(H,27,29). The molecule has 1 aromatic heterocycles. The highest BCUT2D eigenvalue weighted by Crippen LogP contribution is 2.25. The molecule has 4 rings (SSSR count). The van der Waals surface area contributed by atoms with Crippen LogP contribution in [-0.4, -0.2) is 22.2 Å². The second-order valence-electron chi connectivity index (χ2n) is 6.34. The number of hydrazone groups is 1. The monoisotopic (exact) mass is 445 g/mol. The number of benzene rings is 3. The normalized spacial score (nSPS) is 11.1. The summed E-state index contributed by atoms with van der Waals surface area (Å²) >= 11 is 3.34. The van der Waals surface area contributed by atoms with Crippen LogP contribution in [0.1, 0.15) is 15.9 Å². The number of fused-ring (bicyclic) bond motifs is 1. The average molecular weight is 446 g/mol. The number of nitrogens with one attached hydrogen (secondary N) is 1. The van der Waals surface area contributed by atoms with Crippen LogP contribution in [0.5, 0.6) is 5.75 Å². The van der Waals surface area contributed by atoms with Crippen LogP contribution in [0.25, 0.3) is 22.2 Å². The summed E-state index contributed by atoms with van der Waals surface area (Å²) in [6, 6.07) is 23.9. The van der Waals surface area contributed by atoms with E-state index in [0.717, 1.165) is 20.9 Å². The maximum absolute atomic E-state index is 12.9. The van der Waals surface area contributed by atoms with Gasteiger partial charge in [0, 0.05) is 21.0 Å². The van der Waals surface area contributed by atoms with Gasteiger partial charge in [-0.3, -0.25) is 4.79 Å². The van der Waals surface area contributed by atoms with Gasteiger partial charge in [0.05, 0.1) is 23.0 Å². The number of amides is 1. The van der Waals surface area contributed by atoms with Gasteiger partial charge < -0.3 is 5.11 Å². The van der Waals surface area contributed by atoms with Crippen molar-refractivity contribution in [1.29, 1.82) is 0 Å². The number of rotatable bonds is 4. The van der Waals surface area contributed by atoms with Crippen molar-refractivity contribution in [2.45, 2.75) is 0 Å². The Balaban J connectivity index is 1.68. The highest BCUT2D eigenvalue weighted by molar-refractivity contribution is 9.10. The number of pyridine rings is 1. The summed E-state index contributed by atoms with van der Waals surface area (Å²) < 4.78 is 0.802. The molecular weight excluding hydrogens is 430 g/mol. The Labute approximate surface area is 175 Å². The molecule has 4 aromatic rings. The van der Waals surface area contributed by atoms with E-state index >= 15 is 0 Å². The third-order valence-corrected chi connectivity index (χ3v) is 4.88. The molecule has 1 amide bonds. The van der Waals surface area contributed by atoms with Crippen LogP contribution in [0, 0.1) is 0 Å². The van der Waals surface area contributed by atoms with Crippen molar-refractivity contribution in [3.05, 3.63) is 94.5 Å². The Morgan fingerprint density at radius 3 is 2.59 bits per heavy atom. The van der Waals surface area contributed by atoms with Gasteiger partial charge in [0.1, 0.15) is 5.75 Å². The third-order valence-electron chi connectivity index (χ3n) is 4.39. The first-order chi connectivity index (χ1) is 14.1. The Morgan fingerprint density at radius 2 is 1.76 bits per heavy atom.